The van der Waals surface area contributed by atoms with E-state index in [4.69, 9.17) is 0 Å². The summed E-state index contributed by atoms with van der Waals surface area (Å²) in [5.41, 5.74) is 2.92. The Balaban J connectivity index is 1.27. The second-order valence-electron chi connectivity index (χ2n) is 9.51. The molecule has 9 heteroatoms. The van der Waals surface area contributed by atoms with Gasteiger partial charge in [0.05, 0.1) is 24.2 Å². The van der Waals surface area contributed by atoms with Gasteiger partial charge in [-0.15, -0.1) is 11.3 Å². The summed E-state index contributed by atoms with van der Waals surface area (Å²) in [6.45, 7) is 8.47. The number of aromatic amines is 1. The number of nitrogens with zero attached hydrogens (tertiary/aromatic N) is 4. The molecule has 178 valence electrons. The molecule has 4 heterocycles. The summed E-state index contributed by atoms with van der Waals surface area (Å²) in [7, 11) is 2.14. The number of hydrogen-bond acceptors (Lipinski definition) is 6. The van der Waals surface area contributed by atoms with Crippen LogP contribution < -0.4 is 10.2 Å². The Morgan fingerprint density at radius 1 is 1.12 bits per heavy atom. The molecule has 3 aromatic rings. The van der Waals surface area contributed by atoms with Crippen molar-refractivity contribution in [3.63, 3.8) is 0 Å². The van der Waals surface area contributed by atoms with Gasteiger partial charge >= 0.3 is 0 Å². The van der Waals surface area contributed by atoms with Gasteiger partial charge in [0.25, 0.3) is 5.91 Å². The molecular weight excluding hydrogens is 448 g/mol. The van der Waals surface area contributed by atoms with Crippen LogP contribution in [0.15, 0.2) is 41.8 Å². The minimum absolute atomic E-state index is 0.0637. The van der Waals surface area contributed by atoms with E-state index in [-0.39, 0.29) is 11.8 Å². The van der Waals surface area contributed by atoms with Crippen LogP contribution in [0.25, 0.3) is 0 Å². The fourth-order valence-corrected chi connectivity index (χ4v) is 5.44. The van der Waals surface area contributed by atoms with E-state index in [2.05, 4.69) is 32.4 Å². The van der Waals surface area contributed by atoms with E-state index in [1.165, 1.54) is 0 Å². The molecule has 1 saturated heterocycles. The highest BCUT2D eigenvalue weighted by molar-refractivity contribution is 7.10. The normalized spacial score (nSPS) is 17.6. The fourth-order valence-electron chi connectivity index (χ4n) is 4.74. The van der Waals surface area contributed by atoms with Gasteiger partial charge in [0.2, 0.25) is 5.91 Å². The van der Waals surface area contributed by atoms with Crippen LogP contribution in [-0.2, 0) is 23.3 Å². The lowest BCUT2D eigenvalue weighted by Gasteiger charge is -2.34. The van der Waals surface area contributed by atoms with Crippen LogP contribution in [0.4, 0.5) is 11.5 Å². The SMILES string of the molecule is CN1CCN(c2ccc(C(=O)Nc3n[nH]c4c3CN(C(=O)Cc3cccs3)C4(C)C)cc2)CC1. The van der Waals surface area contributed by atoms with Crippen LogP contribution in [-0.4, -0.2) is 65.0 Å². The first-order valence-corrected chi connectivity index (χ1v) is 12.5. The number of thiophene rings is 1. The van der Waals surface area contributed by atoms with Gasteiger partial charge in [-0.25, -0.2) is 0 Å². The molecule has 0 unspecified atom stereocenters. The van der Waals surface area contributed by atoms with Crippen molar-refractivity contribution in [3.8, 4) is 0 Å². The maximum absolute atomic E-state index is 13.0. The maximum atomic E-state index is 13.0. The summed E-state index contributed by atoms with van der Waals surface area (Å²) in [6, 6.07) is 11.7. The number of amides is 2. The molecule has 0 saturated carbocycles. The molecule has 0 atom stereocenters. The standard InChI is InChI=1S/C25H30N6O2S/c1-25(2)22-20(16-31(25)21(32)15-19-5-4-14-34-19)23(28-27-22)26-24(33)17-6-8-18(9-7-17)30-12-10-29(3)11-13-30/h4-9,14H,10-13,15-16H2,1-3H3,(H2,26,27,28,33). The average molecular weight is 479 g/mol. The number of aromatic nitrogens is 2. The Morgan fingerprint density at radius 3 is 2.53 bits per heavy atom. The van der Waals surface area contributed by atoms with Gasteiger partial charge in [0, 0.05) is 47.9 Å². The van der Waals surface area contributed by atoms with Gasteiger partial charge in [-0.05, 0) is 56.6 Å². The zero-order valence-electron chi connectivity index (χ0n) is 19.8. The summed E-state index contributed by atoms with van der Waals surface area (Å²) in [5.74, 6) is 0.344. The van der Waals surface area contributed by atoms with Crippen molar-refractivity contribution in [1.82, 2.24) is 20.0 Å². The quantitative estimate of drug-likeness (QED) is 0.588. The third kappa shape index (κ3) is 4.21. The minimum Gasteiger partial charge on any atom is -0.369 e. The van der Waals surface area contributed by atoms with Crippen LogP contribution in [0.2, 0.25) is 0 Å². The summed E-state index contributed by atoms with van der Waals surface area (Å²) in [4.78, 5) is 33.6. The molecule has 34 heavy (non-hydrogen) atoms. The molecule has 0 spiro atoms. The molecule has 1 aromatic carbocycles. The predicted molar refractivity (Wildman–Crippen MR) is 134 cm³/mol. The lowest BCUT2D eigenvalue weighted by Crippen LogP contribution is -2.44. The Hall–Kier alpha value is -3.17. The Labute approximate surface area is 203 Å². The molecule has 5 rings (SSSR count). The van der Waals surface area contributed by atoms with Crippen molar-refractivity contribution < 1.29 is 9.59 Å². The van der Waals surface area contributed by atoms with Crippen molar-refractivity contribution in [2.24, 2.45) is 0 Å². The average Bonchev–Trinajstić information content (AvgIpc) is 3.53. The first kappa shape index (κ1) is 22.6. The highest BCUT2D eigenvalue weighted by Gasteiger charge is 2.43. The smallest absolute Gasteiger partial charge is 0.256 e. The van der Waals surface area contributed by atoms with Crippen LogP contribution in [0, 0.1) is 0 Å². The van der Waals surface area contributed by atoms with Crippen molar-refractivity contribution in [2.75, 3.05) is 43.4 Å². The number of fused-ring (bicyclic) bond motifs is 1. The van der Waals surface area contributed by atoms with E-state index in [9.17, 15) is 9.59 Å². The van der Waals surface area contributed by atoms with E-state index in [0.717, 1.165) is 48.0 Å². The van der Waals surface area contributed by atoms with Gasteiger partial charge in [-0.2, -0.15) is 5.10 Å². The van der Waals surface area contributed by atoms with E-state index in [1.807, 2.05) is 60.5 Å². The monoisotopic (exact) mass is 478 g/mol. The molecule has 0 bridgehead atoms. The number of hydrogen-bond donors (Lipinski definition) is 2. The first-order chi connectivity index (χ1) is 16.3. The minimum atomic E-state index is -0.524. The van der Waals surface area contributed by atoms with Gasteiger partial charge in [-0.1, -0.05) is 6.07 Å². The third-order valence-corrected chi connectivity index (χ3v) is 7.78. The number of H-pyrrole nitrogens is 1. The van der Waals surface area contributed by atoms with Crippen LogP contribution in [0.5, 0.6) is 0 Å². The second-order valence-corrected chi connectivity index (χ2v) is 10.5. The van der Waals surface area contributed by atoms with Crippen LogP contribution >= 0.6 is 11.3 Å². The van der Waals surface area contributed by atoms with Crippen molar-refractivity contribution in [1.29, 1.82) is 0 Å². The second kappa shape index (κ2) is 8.88. The summed E-state index contributed by atoms with van der Waals surface area (Å²) < 4.78 is 0. The van der Waals surface area contributed by atoms with Crippen molar-refractivity contribution in [2.45, 2.75) is 32.4 Å². The van der Waals surface area contributed by atoms with Gasteiger partial charge < -0.3 is 20.0 Å². The molecule has 2 aliphatic heterocycles. The number of nitrogens with one attached hydrogen (secondary N) is 2. The Bertz CT molecular complexity index is 1180. The third-order valence-electron chi connectivity index (χ3n) is 6.91. The van der Waals surface area contributed by atoms with E-state index < -0.39 is 5.54 Å². The van der Waals surface area contributed by atoms with Gasteiger partial charge in [0.1, 0.15) is 0 Å². The number of benzene rings is 1. The summed E-state index contributed by atoms with van der Waals surface area (Å²) in [5, 5.41) is 12.4. The molecule has 0 radical (unpaired) electrons. The summed E-state index contributed by atoms with van der Waals surface area (Å²) in [6.07, 6.45) is 0.375. The number of piperazine rings is 1. The summed E-state index contributed by atoms with van der Waals surface area (Å²) >= 11 is 1.59. The lowest BCUT2D eigenvalue weighted by atomic mass is 10.0. The lowest BCUT2D eigenvalue weighted by molar-refractivity contribution is -0.135. The fraction of sp³-hybridized carbons (Fsp3) is 0.400. The highest BCUT2D eigenvalue weighted by atomic mass is 32.1. The van der Waals surface area contributed by atoms with Crippen LogP contribution in [0.3, 0.4) is 0 Å². The molecule has 1 fully saturated rings. The van der Waals surface area contributed by atoms with Crippen molar-refractivity contribution in [3.05, 3.63) is 63.5 Å². The van der Waals surface area contributed by atoms with E-state index >= 15 is 0 Å². The Kier molecular flexibility index (Phi) is 5.91. The van der Waals surface area contributed by atoms with E-state index in [1.54, 1.807) is 11.3 Å². The molecular formula is C25H30N6O2S. The predicted octanol–water partition coefficient (Wildman–Crippen LogP) is 3.30. The molecule has 2 aliphatic rings. The Morgan fingerprint density at radius 2 is 1.85 bits per heavy atom. The largest absolute Gasteiger partial charge is 0.369 e. The zero-order chi connectivity index (χ0) is 23.9. The van der Waals surface area contributed by atoms with Crippen LogP contribution in [0.1, 0.15) is 40.3 Å². The molecule has 2 amide bonds. The molecule has 2 aromatic heterocycles. The number of likely N-dealkylation sites (N-methyl/N-ethyl adjacent to an activating group) is 1. The topological polar surface area (TPSA) is 84.6 Å². The first-order valence-electron chi connectivity index (χ1n) is 11.6. The number of rotatable bonds is 5. The highest BCUT2D eigenvalue weighted by Crippen LogP contribution is 2.41. The number of anilines is 2. The van der Waals surface area contributed by atoms with E-state index in [0.29, 0.717) is 24.3 Å². The molecule has 0 aliphatic carbocycles. The molecule has 8 nitrogen and oxygen atoms in total. The van der Waals surface area contributed by atoms with Gasteiger partial charge in [0.15, 0.2) is 5.82 Å². The van der Waals surface area contributed by atoms with Crippen molar-refractivity contribution >= 4 is 34.7 Å². The number of carbonyl (C=O) groups is 2. The van der Waals surface area contributed by atoms with Gasteiger partial charge in [-0.3, -0.25) is 14.7 Å². The maximum Gasteiger partial charge on any atom is 0.256 e. The zero-order valence-corrected chi connectivity index (χ0v) is 20.6. The number of carbonyl (C=O) groups excluding carboxylic acids is 2. The molecule has 2 N–H and O–H groups in total.